The summed E-state index contributed by atoms with van der Waals surface area (Å²) in [5.41, 5.74) is 2.11. The summed E-state index contributed by atoms with van der Waals surface area (Å²) < 4.78 is 28.9. The van der Waals surface area contributed by atoms with Crippen molar-refractivity contribution in [2.45, 2.75) is 56.4 Å². The molecule has 1 amide bonds. The number of anilines is 1. The molecule has 7 heteroatoms. The first-order valence-electron chi connectivity index (χ1n) is 11.7. The standard InChI is InChI=1S/C25H33N3O3S/c1-20(21-11-5-2-6-12-21)26-25(29)22-13-14-23(27-15-7-3-8-16-27)24(19-22)32(30,31)28-17-9-4-10-18-28/h2,5-6,11-14,19-20H,3-4,7-10,15-18H2,1H3,(H,26,29). The van der Waals surface area contributed by atoms with Crippen molar-refractivity contribution in [1.29, 1.82) is 0 Å². The largest absolute Gasteiger partial charge is 0.370 e. The third-order valence-electron chi connectivity index (χ3n) is 6.50. The van der Waals surface area contributed by atoms with Crippen molar-refractivity contribution in [3.05, 3.63) is 59.7 Å². The van der Waals surface area contributed by atoms with Crippen molar-refractivity contribution in [1.82, 2.24) is 9.62 Å². The Morgan fingerprint density at radius 1 is 0.875 bits per heavy atom. The zero-order valence-corrected chi connectivity index (χ0v) is 19.6. The second-order valence-electron chi connectivity index (χ2n) is 8.80. The molecule has 2 fully saturated rings. The lowest BCUT2D eigenvalue weighted by Gasteiger charge is -2.33. The fraction of sp³-hybridized carbons (Fsp3) is 0.480. The second kappa shape index (κ2) is 10.0. The topological polar surface area (TPSA) is 69.7 Å². The third kappa shape index (κ3) is 4.99. The van der Waals surface area contributed by atoms with Gasteiger partial charge in [-0.25, -0.2) is 8.42 Å². The van der Waals surface area contributed by atoms with Crippen LogP contribution in [0.15, 0.2) is 53.4 Å². The van der Waals surface area contributed by atoms with Crippen molar-refractivity contribution in [2.24, 2.45) is 0 Å². The SMILES string of the molecule is CC(NC(=O)c1ccc(N2CCCCC2)c(S(=O)(=O)N2CCCCC2)c1)c1ccccc1. The van der Waals surface area contributed by atoms with Gasteiger partial charge in [-0.05, 0) is 62.8 Å². The molecule has 4 rings (SSSR count). The van der Waals surface area contributed by atoms with Crippen LogP contribution in [0.2, 0.25) is 0 Å². The molecule has 2 saturated heterocycles. The van der Waals surface area contributed by atoms with Gasteiger partial charge < -0.3 is 10.2 Å². The van der Waals surface area contributed by atoms with E-state index in [-0.39, 0.29) is 16.8 Å². The lowest BCUT2D eigenvalue weighted by molar-refractivity contribution is 0.0939. The summed E-state index contributed by atoms with van der Waals surface area (Å²) >= 11 is 0. The quantitative estimate of drug-likeness (QED) is 0.703. The highest BCUT2D eigenvalue weighted by molar-refractivity contribution is 7.89. The van der Waals surface area contributed by atoms with Crippen LogP contribution in [0, 0.1) is 0 Å². The van der Waals surface area contributed by atoms with Gasteiger partial charge in [0, 0.05) is 31.7 Å². The van der Waals surface area contributed by atoms with E-state index in [2.05, 4.69) is 10.2 Å². The summed E-state index contributed by atoms with van der Waals surface area (Å²) in [6.07, 6.45) is 6.10. The molecule has 2 aromatic carbocycles. The number of piperidine rings is 2. The van der Waals surface area contributed by atoms with E-state index in [1.807, 2.05) is 43.3 Å². The van der Waals surface area contributed by atoms with Crippen molar-refractivity contribution in [3.8, 4) is 0 Å². The maximum atomic E-state index is 13.6. The fourth-order valence-electron chi connectivity index (χ4n) is 4.61. The molecule has 2 aromatic rings. The summed E-state index contributed by atoms with van der Waals surface area (Å²) in [6, 6.07) is 14.7. The molecule has 0 bridgehead atoms. The molecule has 6 nitrogen and oxygen atoms in total. The molecule has 1 N–H and O–H groups in total. The number of benzene rings is 2. The van der Waals surface area contributed by atoms with E-state index in [0.717, 1.165) is 56.4 Å². The molecule has 2 aliphatic rings. The molecule has 2 aliphatic heterocycles. The summed E-state index contributed by atoms with van der Waals surface area (Å²) in [5.74, 6) is -0.262. The van der Waals surface area contributed by atoms with Gasteiger partial charge in [0.2, 0.25) is 10.0 Å². The molecule has 2 heterocycles. The minimum atomic E-state index is -3.67. The Labute approximate surface area is 191 Å². The summed E-state index contributed by atoms with van der Waals surface area (Å²) in [6.45, 7) is 4.71. The number of carbonyl (C=O) groups excluding carboxylic acids is 1. The van der Waals surface area contributed by atoms with Crippen molar-refractivity contribution in [3.63, 3.8) is 0 Å². The van der Waals surface area contributed by atoms with E-state index in [0.29, 0.717) is 18.7 Å². The Balaban J connectivity index is 1.65. The number of amides is 1. The Hall–Kier alpha value is -2.38. The smallest absolute Gasteiger partial charge is 0.251 e. The number of rotatable bonds is 6. The van der Waals surface area contributed by atoms with Gasteiger partial charge in [-0.1, -0.05) is 36.8 Å². The molecular formula is C25H33N3O3S. The Bertz CT molecular complexity index is 1030. The summed E-state index contributed by atoms with van der Waals surface area (Å²) in [4.78, 5) is 15.5. The predicted molar refractivity (Wildman–Crippen MR) is 127 cm³/mol. The second-order valence-corrected chi connectivity index (χ2v) is 10.7. The van der Waals surface area contributed by atoms with Gasteiger partial charge in [-0.15, -0.1) is 0 Å². The highest BCUT2D eigenvalue weighted by Gasteiger charge is 2.31. The zero-order valence-electron chi connectivity index (χ0n) is 18.8. The normalized spacial score (nSPS) is 18.8. The van der Waals surface area contributed by atoms with Gasteiger partial charge >= 0.3 is 0 Å². The molecule has 0 spiro atoms. The molecule has 1 atom stereocenters. The minimum Gasteiger partial charge on any atom is -0.370 e. The summed E-state index contributed by atoms with van der Waals surface area (Å²) in [7, 11) is -3.67. The molecule has 0 aromatic heterocycles. The van der Waals surface area contributed by atoms with Crippen molar-refractivity contribution < 1.29 is 13.2 Å². The molecule has 0 aliphatic carbocycles. The average molecular weight is 456 g/mol. The first-order valence-corrected chi connectivity index (χ1v) is 13.2. The highest BCUT2D eigenvalue weighted by atomic mass is 32.2. The van der Waals surface area contributed by atoms with Crippen LogP contribution in [0.1, 0.15) is 67.4 Å². The number of hydrogen-bond donors (Lipinski definition) is 1. The number of nitrogens with zero attached hydrogens (tertiary/aromatic N) is 2. The third-order valence-corrected chi connectivity index (χ3v) is 8.43. The van der Waals surface area contributed by atoms with E-state index < -0.39 is 10.0 Å². The number of carbonyl (C=O) groups is 1. The first-order chi connectivity index (χ1) is 15.5. The molecular weight excluding hydrogens is 422 g/mol. The van der Waals surface area contributed by atoms with E-state index in [1.165, 1.54) is 6.42 Å². The molecule has 1 unspecified atom stereocenters. The van der Waals surface area contributed by atoms with Crippen molar-refractivity contribution in [2.75, 3.05) is 31.1 Å². The lowest BCUT2D eigenvalue weighted by atomic mass is 10.1. The maximum absolute atomic E-state index is 13.6. The van der Waals surface area contributed by atoms with Crippen molar-refractivity contribution >= 4 is 21.6 Å². The highest BCUT2D eigenvalue weighted by Crippen LogP contribution is 2.32. The van der Waals surface area contributed by atoms with E-state index >= 15 is 0 Å². The van der Waals surface area contributed by atoms with Gasteiger partial charge in [0.1, 0.15) is 4.90 Å². The van der Waals surface area contributed by atoms with Crippen LogP contribution in [0.25, 0.3) is 0 Å². The molecule has 0 radical (unpaired) electrons. The van der Waals surface area contributed by atoms with Crippen LogP contribution < -0.4 is 10.2 Å². The van der Waals surface area contributed by atoms with Crippen LogP contribution >= 0.6 is 0 Å². The van der Waals surface area contributed by atoms with Gasteiger partial charge in [0.25, 0.3) is 5.91 Å². The Morgan fingerprint density at radius 2 is 1.50 bits per heavy atom. The number of nitrogens with one attached hydrogen (secondary N) is 1. The predicted octanol–water partition coefficient (Wildman–Crippen LogP) is 4.34. The molecule has 172 valence electrons. The van der Waals surface area contributed by atoms with Gasteiger partial charge in [0.05, 0.1) is 11.7 Å². The van der Waals surface area contributed by atoms with Crippen LogP contribution in [0.3, 0.4) is 0 Å². The average Bonchev–Trinajstić information content (AvgIpc) is 2.85. The Morgan fingerprint density at radius 3 is 2.16 bits per heavy atom. The van der Waals surface area contributed by atoms with Gasteiger partial charge in [-0.3, -0.25) is 4.79 Å². The van der Waals surface area contributed by atoms with E-state index in [4.69, 9.17) is 0 Å². The van der Waals surface area contributed by atoms with E-state index in [9.17, 15) is 13.2 Å². The summed E-state index contributed by atoms with van der Waals surface area (Å²) in [5, 5.41) is 3.01. The van der Waals surface area contributed by atoms with Crippen LogP contribution in [-0.4, -0.2) is 44.8 Å². The number of sulfonamides is 1. The lowest BCUT2D eigenvalue weighted by Crippen LogP contribution is -2.38. The van der Waals surface area contributed by atoms with Gasteiger partial charge in [-0.2, -0.15) is 4.31 Å². The van der Waals surface area contributed by atoms with Gasteiger partial charge in [0.15, 0.2) is 0 Å². The van der Waals surface area contributed by atoms with E-state index in [1.54, 1.807) is 16.4 Å². The van der Waals surface area contributed by atoms with Crippen LogP contribution in [0.5, 0.6) is 0 Å². The van der Waals surface area contributed by atoms with Crippen LogP contribution in [0.4, 0.5) is 5.69 Å². The Kier molecular flexibility index (Phi) is 7.16. The monoisotopic (exact) mass is 455 g/mol. The molecule has 32 heavy (non-hydrogen) atoms. The van der Waals surface area contributed by atoms with Crippen LogP contribution in [-0.2, 0) is 10.0 Å². The molecule has 0 saturated carbocycles. The fourth-order valence-corrected chi connectivity index (χ4v) is 6.36. The first kappa shape index (κ1) is 22.8. The number of hydrogen-bond acceptors (Lipinski definition) is 4. The zero-order chi connectivity index (χ0) is 22.6. The maximum Gasteiger partial charge on any atom is 0.251 e. The minimum absolute atomic E-state index is 0.173.